The van der Waals surface area contributed by atoms with Crippen molar-refractivity contribution in [3.05, 3.63) is 35.5 Å². The molecule has 0 radical (unpaired) electrons. The number of esters is 1. The lowest BCUT2D eigenvalue weighted by Crippen LogP contribution is -2.07. The maximum absolute atomic E-state index is 12.0. The standard InChI is InChI=1S/C28H43NO2S/c1-3-5-7-9-11-12-13-15-17-27-29-23-26(32-27)24-19-21-25(22-20-24)31-28(30)18-16-14-10-8-6-4-2/h19-23H,3-18H2,1-2H3. The number of thiazole rings is 1. The lowest BCUT2D eigenvalue weighted by Gasteiger charge is -2.05. The predicted octanol–water partition coefficient (Wildman–Crippen LogP) is 9.15. The number of aryl methyl sites for hydroxylation is 1. The van der Waals surface area contributed by atoms with Gasteiger partial charge >= 0.3 is 5.97 Å². The van der Waals surface area contributed by atoms with E-state index in [1.165, 1.54) is 86.9 Å². The molecule has 0 saturated carbocycles. The van der Waals surface area contributed by atoms with Crippen LogP contribution in [0.25, 0.3) is 10.4 Å². The average molecular weight is 458 g/mol. The Bertz CT molecular complexity index is 738. The Morgan fingerprint density at radius 2 is 1.34 bits per heavy atom. The molecule has 1 heterocycles. The highest BCUT2D eigenvalue weighted by atomic mass is 32.1. The first kappa shape index (κ1) is 26.6. The molecule has 0 bridgehead atoms. The van der Waals surface area contributed by atoms with E-state index in [1.807, 2.05) is 30.5 Å². The second-order valence-corrected chi connectivity index (χ2v) is 9.97. The van der Waals surface area contributed by atoms with Crippen LogP contribution in [0.15, 0.2) is 30.5 Å². The molecule has 178 valence electrons. The Labute approximate surface area is 200 Å². The summed E-state index contributed by atoms with van der Waals surface area (Å²) in [7, 11) is 0. The van der Waals surface area contributed by atoms with E-state index in [-0.39, 0.29) is 5.97 Å². The maximum Gasteiger partial charge on any atom is 0.311 e. The summed E-state index contributed by atoms with van der Waals surface area (Å²) < 4.78 is 5.49. The number of carbonyl (C=O) groups is 1. The minimum Gasteiger partial charge on any atom is -0.427 e. The molecule has 0 amide bonds. The summed E-state index contributed by atoms with van der Waals surface area (Å²) in [6, 6.07) is 7.85. The molecule has 4 heteroatoms. The first-order chi connectivity index (χ1) is 15.7. The molecular formula is C28H43NO2S. The van der Waals surface area contributed by atoms with Crippen molar-refractivity contribution in [1.29, 1.82) is 0 Å². The first-order valence-corrected chi connectivity index (χ1v) is 13.8. The number of aromatic nitrogens is 1. The fourth-order valence-corrected chi connectivity index (χ4v) is 4.85. The molecule has 0 spiro atoms. The molecule has 0 atom stereocenters. The van der Waals surface area contributed by atoms with E-state index < -0.39 is 0 Å². The lowest BCUT2D eigenvalue weighted by atomic mass is 10.1. The molecule has 0 N–H and O–H groups in total. The van der Waals surface area contributed by atoms with Gasteiger partial charge in [0.1, 0.15) is 5.75 Å². The van der Waals surface area contributed by atoms with Crippen LogP contribution in [-0.2, 0) is 11.2 Å². The van der Waals surface area contributed by atoms with Crippen molar-refractivity contribution in [2.45, 2.75) is 117 Å². The van der Waals surface area contributed by atoms with Gasteiger partial charge in [-0.25, -0.2) is 4.98 Å². The van der Waals surface area contributed by atoms with Gasteiger partial charge in [-0.05, 0) is 49.1 Å². The lowest BCUT2D eigenvalue weighted by molar-refractivity contribution is -0.134. The first-order valence-electron chi connectivity index (χ1n) is 13.0. The van der Waals surface area contributed by atoms with Gasteiger partial charge in [0.2, 0.25) is 0 Å². The topological polar surface area (TPSA) is 39.2 Å². The van der Waals surface area contributed by atoms with E-state index in [4.69, 9.17) is 4.74 Å². The quantitative estimate of drug-likeness (QED) is 0.127. The average Bonchev–Trinajstić information content (AvgIpc) is 3.27. The van der Waals surface area contributed by atoms with Crippen LogP contribution in [-0.4, -0.2) is 11.0 Å². The second-order valence-electron chi connectivity index (χ2n) is 8.86. The monoisotopic (exact) mass is 457 g/mol. The summed E-state index contributed by atoms with van der Waals surface area (Å²) in [4.78, 5) is 17.8. The summed E-state index contributed by atoms with van der Waals surface area (Å²) in [5, 5.41) is 1.22. The van der Waals surface area contributed by atoms with Crippen LogP contribution in [0.1, 0.15) is 115 Å². The molecule has 0 fully saturated rings. The number of benzene rings is 1. The molecule has 32 heavy (non-hydrogen) atoms. The molecule has 1 aromatic heterocycles. The Balaban J connectivity index is 1.65. The van der Waals surface area contributed by atoms with Crippen molar-refractivity contribution in [2.24, 2.45) is 0 Å². The van der Waals surface area contributed by atoms with Crippen LogP contribution in [0.2, 0.25) is 0 Å². The van der Waals surface area contributed by atoms with Gasteiger partial charge in [-0.3, -0.25) is 4.79 Å². The Kier molecular flexibility index (Phi) is 14.0. The smallest absolute Gasteiger partial charge is 0.311 e. The molecule has 1 aromatic carbocycles. The number of carbonyl (C=O) groups excluding carboxylic acids is 1. The highest BCUT2D eigenvalue weighted by Gasteiger charge is 2.08. The van der Waals surface area contributed by atoms with Crippen LogP contribution in [0, 0.1) is 0 Å². The van der Waals surface area contributed by atoms with Crippen LogP contribution in [0.4, 0.5) is 0 Å². The highest BCUT2D eigenvalue weighted by Crippen LogP contribution is 2.28. The number of rotatable bonds is 18. The summed E-state index contributed by atoms with van der Waals surface area (Å²) in [6.45, 7) is 4.48. The molecule has 0 aliphatic carbocycles. The summed E-state index contributed by atoms with van der Waals surface area (Å²) in [5.74, 6) is 0.507. The molecule has 0 unspecified atom stereocenters. The van der Waals surface area contributed by atoms with E-state index in [0.29, 0.717) is 12.2 Å². The number of hydrogen-bond acceptors (Lipinski definition) is 4. The molecule has 0 aliphatic rings. The van der Waals surface area contributed by atoms with Gasteiger partial charge in [-0.1, -0.05) is 90.9 Å². The fourth-order valence-electron chi connectivity index (χ4n) is 3.89. The zero-order chi connectivity index (χ0) is 22.9. The zero-order valence-corrected chi connectivity index (χ0v) is 21.2. The van der Waals surface area contributed by atoms with E-state index in [0.717, 1.165) is 24.8 Å². The third-order valence-corrected chi connectivity index (χ3v) is 7.01. The maximum atomic E-state index is 12.0. The largest absolute Gasteiger partial charge is 0.427 e. The van der Waals surface area contributed by atoms with E-state index in [9.17, 15) is 4.79 Å². The van der Waals surface area contributed by atoms with Crippen LogP contribution in [0.3, 0.4) is 0 Å². The second kappa shape index (κ2) is 16.9. The van der Waals surface area contributed by atoms with Crippen molar-refractivity contribution >= 4 is 17.3 Å². The molecule has 3 nitrogen and oxygen atoms in total. The molecule has 2 rings (SSSR count). The van der Waals surface area contributed by atoms with E-state index in [2.05, 4.69) is 18.8 Å². The van der Waals surface area contributed by atoms with Crippen molar-refractivity contribution in [2.75, 3.05) is 0 Å². The third-order valence-electron chi connectivity index (χ3n) is 5.90. The van der Waals surface area contributed by atoms with Crippen LogP contribution in [0.5, 0.6) is 5.75 Å². The molecule has 0 aliphatic heterocycles. The van der Waals surface area contributed by atoms with E-state index >= 15 is 0 Å². The fraction of sp³-hybridized carbons (Fsp3) is 0.643. The van der Waals surface area contributed by atoms with Gasteiger partial charge in [0.05, 0.1) is 9.88 Å². The van der Waals surface area contributed by atoms with E-state index in [1.54, 1.807) is 11.3 Å². The van der Waals surface area contributed by atoms with Crippen molar-refractivity contribution in [3.63, 3.8) is 0 Å². The summed E-state index contributed by atoms with van der Waals surface area (Å²) in [5.41, 5.74) is 1.14. The Hall–Kier alpha value is -1.68. The van der Waals surface area contributed by atoms with Gasteiger partial charge in [0, 0.05) is 12.6 Å². The summed E-state index contributed by atoms with van der Waals surface area (Å²) >= 11 is 1.78. The van der Waals surface area contributed by atoms with Gasteiger partial charge < -0.3 is 4.74 Å². The Morgan fingerprint density at radius 1 is 0.781 bits per heavy atom. The highest BCUT2D eigenvalue weighted by molar-refractivity contribution is 7.15. The minimum absolute atomic E-state index is 0.126. The predicted molar refractivity (Wildman–Crippen MR) is 137 cm³/mol. The molecule has 2 aromatic rings. The molecular weight excluding hydrogens is 414 g/mol. The SMILES string of the molecule is CCCCCCCCCCc1ncc(-c2ccc(OC(=O)CCCCCCCC)cc2)s1. The van der Waals surface area contributed by atoms with Gasteiger partial charge in [-0.2, -0.15) is 0 Å². The minimum atomic E-state index is -0.126. The van der Waals surface area contributed by atoms with Gasteiger partial charge in [0.25, 0.3) is 0 Å². The number of unbranched alkanes of at least 4 members (excludes halogenated alkanes) is 12. The summed E-state index contributed by atoms with van der Waals surface area (Å²) in [6.07, 6.45) is 21.3. The van der Waals surface area contributed by atoms with Gasteiger partial charge in [0.15, 0.2) is 0 Å². The van der Waals surface area contributed by atoms with Crippen LogP contribution < -0.4 is 4.74 Å². The van der Waals surface area contributed by atoms with Crippen molar-refractivity contribution in [3.8, 4) is 16.2 Å². The van der Waals surface area contributed by atoms with Crippen molar-refractivity contribution in [1.82, 2.24) is 4.98 Å². The van der Waals surface area contributed by atoms with Gasteiger partial charge in [-0.15, -0.1) is 11.3 Å². The Morgan fingerprint density at radius 3 is 1.97 bits per heavy atom. The normalized spacial score (nSPS) is 11.1. The zero-order valence-electron chi connectivity index (χ0n) is 20.4. The number of nitrogens with zero attached hydrogens (tertiary/aromatic N) is 1. The van der Waals surface area contributed by atoms with Crippen LogP contribution >= 0.6 is 11.3 Å². The molecule has 0 saturated heterocycles. The number of hydrogen-bond donors (Lipinski definition) is 0. The number of ether oxygens (including phenoxy) is 1. The van der Waals surface area contributed by atoms with Crippen molar-refractivity contribution < 1.29 is 9.53 Å². The third kappa shape index (κ3) is 11.3.